The lowest BCUT2D eigenvalue weighted by atomic mass is 10.2. The number of aromatic nitrogens is 2. The Balaban J connectivity index is 0.00000176. The number of sulfonamides is 1. The molecule has 1 fully saturated rings. The van der Waals surface area contributed by atoms with Crippen LogP contribution in [0.3, 0.4) is 0 Å². The minimum Gasteiger partial charge on any atom is -0.326 e. The third kappa shape index (κ3) is 3.17. The van der Waals surface area contributed by atoms with Gasteiger partial charge >= 0.3 is 0 Å². The Hall–Kier alpha value is -1.41. The fraction of sp³-hybridized carbons (Fsp3) is 0.357. The van der Waals surface area contributed by atoms with Crippen LogP contribution in [0, 0.1) is 6.92 Å². The maximum atomic E-state index is 12.5. The second kappa shape index (κ2) is 6.37. The Morgan fingerprint density at radius 1 is 1.27 bits per heavy atom. The molecule has 1 unspecified atom stereocenters. The highest BCUT2D eigenvalue weighted by Gasteiger charge is 2.31. The highest BCUT2D eigenvalue weighted by molar-refractivity contribution is 7.89. The maximum Gasteiger partial charge on any atom is 0.246 e. The SMILES string of the molecule is Cc1ccc(-n2cc(S(=O)(=O)N3CCC(N)C3)cn2)cc1.Cl. The number of rotatable bonds is 3. The van der Waals surface area contributed by atoms with Crippen LogP contribution in [0.4, 0.5) is 0 Å². The second-order valence-corrected chi connectivity index (χ2v) is 7.31. The van der Waals surface area contributed by atoms with Crippen molar-refractivity contribution in [1.29, 1.82) is 0 Å². The van der Waals surface area contributed by atoms with E-state index in [-0.39, 0.29) is 23.3 Å². The van der Waals surface area contributed by atoms with Gasteiger partial charge in [0, 0.05) is 19.1 Å². The van der Waals surface area contributed by atoms with Crippen LogP contribution in [-0.2, 0) is 10.0 Å². The zero-order valence-electron chi connectivity index (χ0n) is 12.2. The largest absolute Gasteiger partial charge is 0.326 e. The van der Waals surface area contributed by atoms with Crippen molar-refractivity contribution in [2.75, 3.05) is 13.1 Å². The van der Waals surface area contributed by atoms with E-state index >= 15 is 0 Å². The first-order valence-corrected chi connectivity index (χ1v) is 8.28. The zero-order valence-corrected chi connectivity index (χ0v) is 13.8. The maximum absolute atomic E-state index is 12.5. The first-order chi connectivity index (χ1) is 9.96. The average Bonchev–Trinajstić information content (AvgIpc) is 3.09. The summed E-state index contributed by atoms with van der Waals surface area (Å²) in [4.78, 5) is 0.206. The van der Waals surface area contributed by atoms with Crippen molar-refractivity contribution in [2.45, 2.75) is 24.3 Å². The van der Waals surface area contributed by atoms with Gasteiger partial charge in [0.1, 0.15) is 4.90 Å². The van der Waals surface area contributed by atoms with Gasteiger partial charge in [-0.15, -0.1) is 12.4 Å². The number of halogens is 1. The molecule has 0 aliphatic carbocycles. The predicted molar refractivity (Wildman–Crippen MR) is 86.9 cm³/mol. The lowest BCUT2D eigenvalue weighted by Crippen LogP contribution is -2.31. The molecular weight excluding hydrogens is 324 g/mol. The Morgan fingerprint density at radius 2 is 1.95 bits per heavy atom. The monoisotopic (exact) mass is 342 g/mol. The summed E-state index contributed by atoms with van der Waals surface area (Å²) in [5.41, 5.74) is 7.76. The molecule has 6 nitrogen and oxygen atoms in total. The van der Waals surface area contributed by atoms with Crippen LogP contribution < -0.4 is 5.73 Å². The number of benzene rings is 1. The molecule has 1 aliphatic rings. The highest BCUT2D eigenvalue weighted by atomic mass is 35.5. The van der Waals surface area contributed by atoms with Crippen LogP contribution >= 0.6 is 12.4 Å². The number of nitrogens with two attached hydrogens (primary N) is 1. The molecule has 22 heavy (non-hydrogen) atoms. The summed E-state index contributed by atoms with van der Waals surface area (Å²) in [6.07, 6.45) is 3.63. The van der Waals surface area contributed by atoms with Crippen molar-refractivity contribution in [3.05, 3.63) is 42.2 Å². The Morgan fingerprint density at radius 3 is 2.55 bits per heavy atom. The summed E-state index contributed by atoms with van der Waals surface area (Å²) in [5.74, 6) is 0. The number of hydrogen-bond acceptors (Lipinski definition) is 4. The van der Waals surface area contributed by atoms with Crippen molar-refractivity contribution < 1.29 is 8.42 Å². The van der Waals surface area contributed by atoms with Gasteiger partial charge in [0.15, 0.2) is 0 Å². The third-order valence-electron chi connectivity index (χ3n) is 3.68. The molecule has 1 atom stereocenters. The molecular formula is C14H19ClN4O2S. The van der Waals surface area contributed by atoms with Gasteiger partial charge in [0.25, 0.3) is 0 Å². The molecule has 0 bridgehead atoms. The van der Waals surface area contributed by atoms with E-state index in [1.54, 1.807) is 10.9 Å². The first-order valence-electron chi connectivity index (χ1n) is 6.84. The molecule has 0 amide bonds. The normalized spacial score (nSPS) is 19.1. The topological polar surface area (TPSA) is 81.2 Å². The van der Waals surface area contributed by atoms with Crippen LogP contribution in [0.15, 0.2) is 41.6 Å². The van der Waals surface area contributed by atoms with E-state index in [0.717, 1.165) is 11.3 Å². The van der Waals surface area contributed by atoms with Crippen LogP contribution in [0.5, 0.6) is 0 Å². The Kier molecular flexibility index (Phi) is 4.91. The molecule has 2 N–H and O–H groups in total. The second-order valence-electron chi connectivity index (χ2n) is 5.37. The van der Waals surface area contributed by atoms with Gasteiger partial charge in [0.05, 0.1) is 18.1 Å². The van der Waals surface area contributed by atoms with Crippen molar-refractivity contribution in [1.82, 2.24) is 14.1 Å². The third-order valence-corrected chi connectivity index (χ3v) is 5.50. The lowest BCUT2D eigenvalue weighted by Gasteiger charge is -2.14. The van der Waals surface area contributed by atoms with Crippen LogP contribution in [-0.4, -0.2) is 41.6 Å². The van der Waals surface area contributed by atoms with Crippen molar-refractivity contribution >= 4 is 22.4 Å². The molecule has 0 radical (unpaired) electrons. The van der Waals surface area contributed by atoms with Gasteiger partial charge in [-0.2, -0.15) is 9.40 Å². The predicted octanol–water partition coefficient (Wildman–Crippen LogP) is 1.32. The lowest BCUT2D eigenvalue weighted by molar-refractivity contribution is 0.472. The molecule has 2 aromatic rings. The Labute approximate surface area is 136 Å². The van der Waals surface area contributed by atoms with E-state index in [2.05, 4.69) is 5.10 Å². The molecule has 8 heteroatoms. The first kappa shape index (κ1) is 17.0. The van der Waals surface area contributed by atoms with E-state index in [9.17, 15) is 8.42 Å². The molecule has 1 saturated heterocycles. The van der Waals surface area contributed by atoms with Crippen molar-refractivity contribution in [2.24, 2.45) is 5.73 Å². The van der Waals surface area contributed by atoms with Crippen LogP contribution in [0.2, 0.25) is 0 Å². The smallest absolute Gasteiger partial charge is 0.246 e. The van der Waals surface area contributed by atoms with Crippen LogP contribution in [0.1, 0.15) is 12.0 Å². The van der Waals surface area contributed by atoms with E-state index in [1.807, 2.05) is 31.2 Å². The van der Waals surface area contributed by atoms with Gasteiger partial charge in [-0.3, -0.25) is 0 Å². The van der Waals surface area contributed by atoms with Crippen molar-refractivity contribution in [3.63, 3.8) is 0 Å². The number of nitrogens with zero attached hydrogens (tertiary/aromatic N) is 3. The number of hydrogen-bond donors (Lipinski definition) is 1. The van der Waals surface area contributed by atoms with E-state index in [1.165, 1.54) is 10.5 Å². The minimum atomic E-state index is -3.50. The average molecular weight is 343 g/mol. The van der Waals surface area contributed by atoms with Gasteiger partial charge in [-0.25, -0.2) is 13.1 Å². The molecule has 1 aromatic carbocycles. The molecule has 0 saturated carbocycles. The van der Waals surface area contributed by atoms with E-state index in [4.69, 9.17) is 5.73 Å². The summed E-state index contributed by atoms with van der Waals surface area (Å²) in [6, 6.07) is 7.66. The molecule has 3 rings (SSSR count). The van der Waals surface area contributed by atoms with Gasteiger partial charge in [-0.1, -0.05) is 17.7 Å². The van der Waals surface area contributed by atoms with Gasteiger partial charge in [0.2, 0.25) is 10.0 Å². The molecule has 1 aliphatic heterocycles. The van der Waals surface area contributed by atoms with Gasteiger partial charge in [-0.05, 0) is 25.5 Å². The standard InChI is InChI=1S/C14H18N4O2S.ClH/c1-11-2-4-13(5-3-11)18-10-14(8-16-18)21(19,20)17-7-6-12(15)9-17;/h2-5,8,10,12H,6-7,9,15H2,1H3;1H. The molecule has 120 valence electrons. The zero-order chi connectivity index (χ0) is 15.0. The highest BCUT2D eigenvalue weighted by Crippen LogP contribution is 2.21. The molecule has 2 heterocycles. The molecule has 0 spiro atoms. The fourth-order valence-corrected chi connectivity index (χ4v) is 3.84. The summed E-state index contributed by atoms with van der Waals surface area (Å²) in [6.45, 7) is 2.84. The Bertz CT molecular complexity index is 742. The minimum absolute atomic E-state index is 0. The summed E-state index contributed by atoms with van der Waals surface area (Å²) >= 11 is 0. The summed E-state index contributed by atoms with van der Waals surface area (Å²) in [5, 5.41) is 4.15. The molecule has 1 aromatic heterocycles. The summed E-state index contributed by atoms with van der Waals surface area (Å²) < 4.78 is 28.0. The van der Waals surface area contributed by atoms with E-state index < -0.39 is 10.0 Å². The fourth-order valence-electron chi connectivity index (χ4n) is 2.40. The summed E-state index contributed by atoms with van der Waals surface area (Å²) in [7, 11) is -3.50. The van der Waals surface area contributed by atoms with Crippen LogP contribution in [0.25, 0.3) is 5.69 Å². The van der Waals surface area contributed by atoms with Crippen molar-refractivity contribution in [3.8, 4) is 5.69 Å². The quantitative estimate of drug-likeness (QED) is 0.912. The van der Waals surface area contributed by atoms with Gasteiger partial charge < -0.3 is 5.73 Å². The van der Waals surface area contributed by atoms with E-state index in [0.29, 0.717) is 19.5 Å². The number of aryl methyl sites for hydroxylation is 1.